The van der Waals surface area contributed by atoms with Gasteiger partial charge in [-0.25, -0.2) is 0 Å². The van der Waals surface area contributed by atoms with Crippen LogP contribution >= 0.6 is 11.8 Å². The van der Waals surface area contributed by atoms with E-state index in [1.54, 1.807) is 0 Å². The summed E-state index contributed by atoms with van der Waals surface area (Å²) in [4.78, 5) is 12.4. The first-order valence-corrected chi connectivity index (χ1v) is 10.3. The van der Waals surface area contributed by atoms with Gasteiger partial charge in [0.1, 0.15) is 5.75 Å². The van der Waals surface area contributed by atoms with Crippen LogP contribution in [0.2, 0.25) is 0 Å². The van der Waals surface area contributed by atoms with E-state index in [0.717, 1.165) is 28.9 Å². The number of carbonyl (C=O) groups is 1. The third-order valence-electron chi connectivity index (χ3n) is 4.57. The fourth-order valence-corrected chi connectivity index (χ4v) is 4.37. The van der Waals surface area contributed by atoms with Crippen LogP contribution in [0.4, 0.5) is 0 Å². The monoisotopic (exact) mass is 349 g/mol. The Labute approximate surface area is 150 Å². The molecule has 0 heterocycles. The molecule has 0 aromatic heterocycles. The molecule has 0 spiro atoms. The molecule has 4 heteroatoms. The average Bonchev–Trinajstić information content (AvgIpc) is 2.59. The maximum absolute atomic E-state index is 12.4. The number of amides is 1. The summed E-state index contributed by atoms with van der Waals surface area (Å²) in [6, 6.07) is 6.06. The largest absolute Gasteiger partial charge is 0.480 e. The van der Waals surface area contributed by atoms with Crippen LogP contribution in [-0.4, -0.2) is 29.6 Å². The lowest BCUT2D eigenvalue weighted by Crippen LogP contribution is -2.39. The van der Waals surface area contributed by atoms with Crippen molar-refractivity contribution < 1.29 is 9.53 Å². The van der Waals surface area contributed by atoms with E-state index in [1.807, 2.05) is 37.7 Å². The number of carbonyl (C=O) groups excluding carboxylic acids is 1. The van der Waals surface area contributed by atoms with Gasteiger partial charge in [-0.05, 0) is 44.7 Å². The van der Waals surface area contributed by atoms with E-state index in [9.17, 15) is 4.79 Å². The Morgan fingerprint density at radius 1 is 1.29 bits per heavy atom. The lowest BCUT2D eigenvalue weighted by Gasteiger charge is -2.21. The molecule has 3 nitrogen and oxygen atoms in total. The van der Waals surface area contributed by atoms with Crippen LogP contribution in [0.3, 0.4) is 0 Å². The minimum absolute atomic E-state index is 0.00159. The first kappa shape index (κ1) is 19.2. The molecule has 1 aromatic rings. The van der Waals surface area contributed by atoms with Gasteiger partial charge in [-0.1, -0.05) is 43.9 Å². The van der Waals surface area contributed by atoms with Gasteiger partial charge in [0.15, 0.2) is 6.10 Å². The van der Waals surface area contributed by atoms with Crippen molar-refractivity contribution in [2.75, 3.05) is 12.3 Å². The normalized spacial score (nSPS) is 16.6. The Bertz CT molecular complexity index is 526. The second-order valence-corrected chi connectivity index (χ2v) is 8.11. The minimum Gasteiger partial charge on any atom is -0.480 e. The Balaban J connectivity index is 1.74. The number of aryl methyl sites for hydroxylation is 2. The van der Waals surface area contributed by atoms with Crippen LogP contribution in [0.15, 0.2) is 18.2 Å². The highest BCUT2D eigenvalue weighted by Gasteiger charge is 2.19. The van der Waals surface area contributed by atoms with Crippen LogP contribution in [0.1, 0.15) is 56.6 Å². The summed E-state index contributed by atoms with van der Waals surface area (Å²) in [5.74, 6) is 1.80. The van der Waals surface area contributed by atoms with Gasteiger partial charge in [0.25, 0.3) is 5.91 Å². The van der Waals surface area contributed by atoms with Gasteiger partial charge in [0.2, 0.25) is 0 Å². The van der Waals surface area contributed by atoms with Crippen LogP contribution in [-0.2, 0) is 4.79 Å². The molecule has 1 aliphatic carbocycles. The maximum Gasteiger partial charge on any atom is 0.261 e. The highest BCUT2D eigenvalue weighted by molar-refractivity contribution is 7.99. The standard InChI is InChI=1S/C20H31NO2S/c1-4-18(23-19-11-10-15(2)14-16(19)3)20(22)21-12-13-24-17-8-6-5-7-9-17/h10-11,14,17-18H,4-9,12-13H2,1-3H3,(H,21,22)/t18-/m0/s1. The quantitative estimate of drug-likeness (QED) is 0.695. The third-order valence-corrected chi connectivity index (χ3v) is 5.95. The molecule has 0 bridgehead atoms. The zero-order valence-corrected chi connectivity index (χ0v) is 16.1. The van der Waals surface area contributed by atoms with Crippen molar-refractivity contribution >= 4 is 17.7 Å². The summed E-state index contributed by atoms with van der Waals surface area (Å²) in [6.07, 6.45) is 7.07. The van der Waals surface area contributed by atoms with Crippen molar-refractivity contribution in [1.29, 1.82) is 0 Å². The number of thioether (sulfide) groups is 1. The molecule has 134 valence electrons. The molecule has 1 atom stereocenters. The van der Waals surface area contributed by atoms with Crippen LogP contribution in [0, 0.1) is 13.8 Å². The second kappa shape index (κ2) is 9.97. The molecular formula is C20H31NO2S. The lowest BCUT2D eigenvalue weighted by atomic mass is 10.0. The van der Waals surface area contributed by atoms with E-state index >= 15 is 0 Å². The van der Waals surface area contributed by atoms with E-state index < -0.39 is 6.10 Å². The Kier molecular flexibility index (Phi) is 7.97. The molecule has 0 radical (unpaired) electrons. The van der Waals surface area contributed by atoms with E-state index in [2.05, 4.69) is 18.3 Å². The van der Waals surface area contributed by atoms with Gasteiger partial charge in [-0.15, -0.1) is 0 Å². The van der Waals surface area contributed by atoms with E-state index in [4.69, 9.17) is 4.74 Å². The topological polar surface area (TPSA) is 38.3 Å². The molecule has 0 unspecified atom stereocenters. The Morgan fingerprint density at radius 2 is 2.04 bits per heavy atom. The molecule has 1 amide bonds. The number of hydrogen-bond acceptors (Lipinski definition) is 3. The summed E-state index contributed by atoms with van der Waals surface area (Å²) in [5.41, 5.74) is 2.28. The first-order chi connectivity index (χ1) is 11.6. The summed E-state index contributed by atoms with van der Waals surface area (Å²) < 4.78 is 5.94. The van der Waals surface area contributed by atoms with E-state index in [1.165, 1.54) is 37.7 Å². The molecule has 1 N–H and O–H groups in total. The zero-order chi connectivity index (χ0) is 17.4. The molecule has 1 fully saturated rings. The summed E-state index contributed by atoms with van der Waals surface area (Å²) in [5, 5.41) is 3.84. The van der Waals surface area contributed by atoms with Gasteiger partial charge >= 0.3 is 0 Å². The number of nitrogens with one attached hydrogen (secondary N) is 1. The van der Waals surface area contributed by atoms with Gasteiger partial charge in [-0.3, -0.25) is 4.79 Å². The number of ether oxygens (including phenoxy) is 1. The predicted molar refractivity (Wildman–Crippen MR) is 103 cm³/mol. The van der Waals surface area contributed by atoms with Gasteiger partial charge in [0.05, 0.1) is 0 Å². The smallest absolute Gasteiger partial charge is 0.261 e. The molecule has 1 aliphatic rings. The van der Waals surface area contributed by atoms with Gasteiger partial charge in [0, 0.05) is 17.5 Å². The van der Waals surface area contributed by atoms with Crippen molar-refractivity contribution in [3.05, 3.63) is 29.3 Å². The highest BCUT2D eigenvalue weighted by Crippen LogP contribution is 2.27. The lowest BCUT2D eigenvalue weighted by molar-refractivity contribution is -0.128. The third kappa shape index (κ3) is 6.04. The highest BCUT2D eigenvalue weighted by atomic mass is 32.2. The molecule has 0 aliphatic heterocycles. The summed E-state index contributed by atoms with van der Waals surface area (Å²) >= 11 is 2.01. The number of benzene rings is 1. The van der Waals surface area contributed by atoms with Crippen LogP contribution < -0.4 is 10.1 Å². The van der Waals surface area contributed by atoms with E-state index in [0.29, 0.717) is 6.42 Å². The van der Waals surface area contributed by atoms with Crippen LogP contribution in [0.5, 0.6) is 5.75 Å². The first-order valence-electron chi connectivity index (χ1n) is 9.23. The molecule has 0 saturated heterocycles. The molecular weight excluding hydrogens is 318 g/mol. The SMILES string of the molecule is CC[C@H](Oc1ccc(C)cc1C)C(=O)NCCSC1CCCCC1. The van der Waals surface area contributed by atoms with Crippen molar-refractivity contribution in [2.45, 2.75) is 70.7 Å². The van der Waals surface area contributed by atoms with Crippen molar-refractivity contribution in [1.82, 2.24) is 5.32 Å². The molecule has 1 saturated carbocycles. The Morgan fingerprint density at radius 3 is 2.71 bits per heavy atom. The summed E-state index contributed by atoms with van der Waals surface area (Å²) in [6.45, 7) is 6.80. The molecule has 1 aromatic carbocycles. The molecule has 2 rings (SSSR count). The van der Waals surface area contributed by atoms with Gasteiger partial charge in [-0.2, -0.15) is 11.8 Å². The van der Waals surface area contributed by atoms with Crippen molar-refractivity contribution in [3.8, 4) is 5.75 Å². The van der Waals surface area contributed by atoms with E-state index in [-0.39, 0.29) is 5.91 Å². The number of hydrogen-bond donors (Lipinski definition) is 1. The van der Waals surface area contributed by atoms with Crippen LogP contribution in [0.25, 0.3) is 0 Å². The summed E-state index contributed by atoms with van der Waals surface area (Å²) in [7, 11) is 0. The fraction of sp³-hybridized carbons (Fsp3) is 0.650. The van der Waals surface area contributed by atoms with Gasteiger partial charge < -0.3 is 10.1 Å². The number of rotatable bonds is 8. The molecule has 24 heavy (non-hydrogen) atoms. The Hall–Kier alpha value is -1.16. The second-order valence-electron chi connectivity index (χ2n) is 6.71. The minimum atomic E-state index is -0.411. The zero-order valence-electron chi connectivity index (χ0n) is 15.3. The fourth-order valence-electron chi connectivity index (χ4n) is 3.15. The van der Waals surface area contributed by atoms with Crippen molar-refractivity contribution in [3.63, 3.8) is 0 Å². The average molecular weight is 350 g/mol. The van der Waals surface area contributed by atoms with Crippen molar-refractivity contribution in [2.24, 2.45) is 0 Å². The maximum atomic E-state index is 12.4. The predicted octanol–water partition coefficient (Wildman–Crippen LogP) is 4.64.